The molecule has 2 nitrogen and oxygen atoms in total. The van der Waals surface area contributed by atoms with E-state index in [-0.39, 0.29) is 22.1 Å². The second kappa shape index (κ2) is 13.1. The maximum Gasteiger partial charge on any atom is 0.420 e. The topological polar surface area (TPSA) is 9.86 Å². The number of benzene rings is 7. The van der Waals surface area contributed by atoms with Crippen LogP contribution in [0.1, 0.15) is 33.4 Å². The second-order valence-electron chi connectivity index (χ2n) is 14.9. The van der Waals surface area contributed by atoms with E-state index >= 15 is 35.1 Å². The van der Waals surface area contributed by atoms with Crippen LogP contribution in [0.4, 0.5) is 35.1 Å². The predicted molar refractivity (Wildman–Crippen MR) is 215 cm³/mol. The van der Waals surface area contributed by atoms with Gasteiger partial charge in [0.2, 0.25) is 0 Å². The minimum absolute atomic E-state index is 0.167. The first-order valence-electron chi connectivity index (χ1n) is 18.5. The lowest BCUT2D eigenvalue weighted by atomic mass is 9.84. The Morgan fingerprint density at radius 2 is 0.672 bits per heavy atom. The number of alkyl halides is 6. The van der Waals surface area contributed by atoms with Crippen LogP contribution in [0, 0.1) is 39.3 Å². The lowest BCUT2D eigenvalue weighted by Crippen LogP contribution is -2.23. The van der Waals surface area contributed by atoms with Crippen molar-refractivity contribution in [2.24, 2.45) is 0 Å². The monoisotopic (exact) mass is 788 g/mol. The first-order valence-corrected chi connectivity index (χ1v) is 18.5. The number of hydrogen-bond donors (Lipinski definition) is 0. The number of rotatable bonds is 4. The highest BCUT2D eigenvalue weighted by atomic mass is 19.4. The zero-order chi connectivity index (χ0) is 41.0. The molecule has 0 saturated carbocycles. The highest BCUT2D eigenvalue weighted by Gasteiger charge is 2.49. The van der Waals surface area contributed by atoms with Crippen LogP contribution in [0.15, 0.2) is 121 Å². The maximum atomic E-state index is 16.9. The Hall–Kier alpha value is -6.42. The van der Waals surface area contributed by atoms with Gasteiger partial charge in [0.1, 0.15) is 17.2 Å². The van der Waals surface area contributed by atoms with Crippen molar-refractivity contribution < 1.29 is 35.1 Å². The van der Waals surface area contributed by atoms with E-state index in [0.717, 1.165) is 46.5 Å². The Labute approximate surface area is 327 Å². The van der Waals surface area contributed by atoms with E-state index in [1.165, 1.54) is 33.4 Å². The first kappa shape index (κ1) is 37.2. The largest absolute Gasteiger partial charge is 0.420 e. The van der Waals surface area contributed by atoms with Crippen molar-refractivity contribution in [3.8, 4) is 33.6 Å². The van der Waals surface area contributed by atoms with E-state index in [1.54, 1.807) is 100 Å². The van der Waals surface area contributed by atoms with Gasteiger partial charge in [0.15, 0.2) is 0 Å². The summed E-state index contributed by atoms with van der Waals surface area (Å²) in [5.74, 6) is -2.38. The molecule has 0 fully saturated rings. The van der Waals surface area contributed by atoms with Gasteiger partial charge in [0, 0.05) is 43.8 Å². The summed E-state index contributed by atoms with van der Waals surface area (Å²) in [7, 11) is 0. The molecule has 0 unspecified atom stereocenters. The van der Waals surface area contributed by atoms with E-state index in [0.29, 0.717) is 21.5 Å². The van der Waals surface area contributed by atoms with Crippen molar-refractivity contribution in [1.82, 2.24) is 9.13 Å². The molecule has 9 rings (SSSR count). The lowest BCUT2D eigenvalue weighted by Gasteiger charge is -2.31. The number of hydrogen-bond acceptors (Lipinski definition) is 0. The van der Waals surface area contributed by atoms with Gasteiger partial charge >= 0.3 is 12.4 Å². The molecule has 0 aliphatic heterocycles. The Morgan fingerprint density at radius 3 is 0.948 bits per heavy atom. The molecule has 0 atom stereocenters. The average molecular weight is 789 g/mol. The summed E-state index contributed by atoms with van der Waals surface area (Å²) in [6.45, 7) is 7.22. The third kappa shape index (κ3) is 5.68. The third-order valence-corrected chi connectivity index (χ3v) is 10.9. The lowest BCUT2D eigenvalue weighted by molar-refractivity contribution is -0.140. The van der Waals surface area contributed by atoms with E-state index in [4.69, 9.17) is 0 Å². The Morgan fingerprint density at radius 1 is 0.379 bits per heavy atom. The number of nitrogens with zero attached hydrogens (tertiary/aromatic N) is 2. The van der Waals surface area contributed by atoms with Gasteiger partial charge in [-0.2, -0.15) is 26.3 Å². The molecule has 2 aromatic heterocycles. The van der Waals surface area contributed by atoms with Crippen LogP contribution in [0.2, 0.25) is 0 Å². The third-order valence-electron chi connectivity index (χ3n) is 10.9. The van der Waals surface area contributed by atoms with Crippen LogP contribution in [0.25, 0.3) is 77.2 Å². The molecule has 0 aliphatic rings. The van der Waals surface area contributed by atoms with Crippen LogP contribution in [0.3, 0.4) is 0 Å². The summed E-state index contributed by atoms with van der Waals surface area (Å²) < 4.78 is 135. The molecule has 7 aromatic carbocycles. The summed E-state index contributed by atoms with van der Waals surface area (Å²) in [5.41, 5.74) is -4.90. The first-order chi connectivity index (χ1) is 27.5. The van der Waals surface area contributed by atoms with Crippen molar-refractivity contribution in [1.29, 1.82) is 0 Å². The molecular formula is C48H32F8N2. The molecule has 58 heavy (non-hydrogen) atoms. The van der Waals surface area contributed by atoms with Gasteiger partial charge in [-0.3, -0.25) is 0 Å². The molecule has 0 bridgehead atoms. The molecule has 0 N–H and O–H groups in total. The molecule has 290 valence electrons. The molecule has 0 radical (unpaired) electrons. The van der Waals surface area contributed by atoms with Crippen LogP contribution in [-0.2, 0) is 12.4 Å². The van der Waals surface area contributed by atoms with Crippen molar-refractivity contribution in [2.75, 3.05) is 0 Å². The fraction of sp³-hybridized carbons (Fsp3) is 0.125. The smallest absolute Gasteiger partial charge is 0.308 e. The van der Waals surface area contributed by atoms with Gasteiger partial charge < -0.3 is 9.13 Å². The zero-order valence-corrected chi connectivity index (χ0v) is 31.5. The van der Waals surface area contributed by atoms with Crippen LogP contribution in [0.5, 0.6) is 0 Å². The highest BCUT2D eigenvalue weighted by molar-refractivity contribution is 6.13. The number of halogens is 8. The van der Waals surface area contributed by atoms with Crippen molar-refractivity contribution in [2.45, 2.75) is 40.0 Å². The van der Waals surface area contributed by atoms with Gasteiger partial charge in [-0.05, 0) is 88.4 Å². The summed E-state index contributed by atoms with van der Waals surface area (Å²) in [6.07, 6.45) is -10.9. The van der Waals surface area contributed by atoms with Gasteiger partial charge in [-0.15, -0.1) is 0 Å². The molecule has 2 heterocycles. The van der Waals surface area contributed by atoms with Gasteiger partial charge in [0.25, 0.3) is 0 Å². The Kier molecular flexibility index (Phi) is 8.37. The highest BCUT2D eigenvalue weighted by Crippen LogP contribution is 2.57. The molecular weight excluding hydrogens is 757 g/mol. The van der Waals surface area contributed by atoms with Crippen LogP contribution >= 0.6 is 0 Å². The molecule has 0 aliphatic carbocycles. The summed E-state index contributed by atoms with van der Waals surface area (Å²) >= 11 is 0. The van der Waals surface area contributed by atoms with E-state index in [1.807, 2.05) is 0 Å². The quantitative estimate of drug-likeness (QED) is 0.157. The van der Waals surface area contributed by atoms with Crippen molar-refractivity contribution in [3.63, 3.8) is 0 Å². The minimum Gasteiger partial charge on any atom is -0.308 e. The number of aryl methyl sites for hydroxylation is 4. The normalized spacial score (nSPS) is 12.5. The summed E-state index contributed by atoms with van der Waals surface area (Å²) in [5, 5.41) is 1.95. The number of aromatic nitrogens is 2. The summed E-state index contributed by atoms with van der Waals surface area (Å²) in [4.78, 5) is 0. The standard InChI is InChI=1S/C48H32F8N2/c1-25-13-17-37-31(21-25)32-22-26(2)14-18-38(32)57(37)45-41(29-9-5-7-11-35(29)49)43(47(51,52)53)42(30-10-6-8-12-36(30)50)46(44(45)48(54,55)56)58-39-19-15-27(3)23-33(39)34-24-28(4)16-20-40(34)58/h5-24H,1-4H3. The zero-order valence-electron chi connectivity index (χ0n) is 31.5. The van der Waals surface area contributed by atoms with E-state index in [9.17, 15) is 0 Å². The van der Waals surface area contributed by atoms with Crippen LogP contribution < -0.4 is 0 Å². The molecule has 9 aromatic rings. The van der Waals surface area contributed by atoms with Crippen molar-refractivity contribution in [3.05, 3.63) is 166 Å². The molecule has 0 amide bonds. The van der Waals surface area contributed by atoms with Gasteiger partial charge in [-0.1, -0.05) is 82.9 Å². The fourth-order valence-corrected chi connectivity index (χ4v) is 8.56. The predicted octanol–water partition coefficient (Wildman–Crippen LogP) is 14.8. The van der Waals surface area contributed by atoms with E-state index < -0.39 is 68.7 Å². The Balaban J connectivity index is 1.69. The minimum atomic E-state index is -5.47. The van der Waals surface area contributed by atoms with Crippen molar-refractivity contribution >= 4 is 43.6 Å². The SMILES string of the molecule is Cc1ccc2c(c1)c1cc(C)ccc1n2-c1c(-c2ccccc2F)c(C(F)(F)F)c(-c2ccccc2F)c(-n2c3ccc(C)cc3c3cc(C)ccc32)c1C(F)(F)F. The molecule has 0 saturated heterocycles. The van der Waals surface area contributed by atoms with Gasteiger partial charge in [0.05, 0.1) is 39.0 Å². The van der Waals surface area contributed by atoms with Crippen LogP contribution in [-0.4, -0.2) is 9.13 Å². The molecule has 10 heteroatoms. The fourth-order valence-electron chi connectivity index (χ4n) is 8.56. The Bertz CT molecular complexity index is 2850. The molecule has 0 spiro atoms. The van der Waals surface area contributed by atoms with Gasteiger partial charge in [-0.25, -0.2) is 8.78 Å². The summed E-state index contributed by atoms with van der Waals surface area (Å²) in [6, 6.07) is 28.9. The van der Waals surface area contributed by atoms with E-state index in [2.05, 4.69) is 0 Å². The number of fused-ring (bicyclic) bond motifs is 6. The maximum absolute atomic E-state index is 16.9. The second-order valence-corrected chi connectivity index (χ2v) is 14.9. The average Bonchev–Trinajstić information content (AvgIpc) is 3.64.